The Bertz CT molecular complexity index is 457. The van der Waals surface area contributed by atoms with E-state index in [4.69, 9.17) is 0 Å². The molecule has 0 spiro atoms. The molecule has 2 heterocycles. The maximum absolute atomic E-state index is 4.44. The van der Waals surface area contributed by atoms with Crippen LogP contribution in [0.25, 0.3) is 0 Å². The van der Waals surface area contributed by atoms with Gasteiger partial charge < -0.3 is 4.90 Å². The lowest BCUT2D eigenvalue weighted by Crippen LogP contribution is -2.49. The molecule has 0 bridgehead atoms. The number of tetrazole rings is 1. The van der Waals surface area contributed by atoms with E-state index < -0.39 is 0 Å². The van der Waals surface area contributed by atoms with Crippen LogP contribution in [0.3, 0.4) is 0 Å². The van der Waals surface area contributed by atoms with Gasteiger partial charge in [0.2, 0.25) is 0 Å². The Labute approximate surface area is 133 Å². The smallest absolute Gasteiger partial charge is 0.168 e. The molecule has 1 atom stereocenters. The molecule has 1 saturated heterocycles. The minimum absolute atomic E-state index is 0.342. The van der Waals surface area contributed by atoms with E-state index in [9.17, 15) is 0 Å². The van der Waals surface area contributed by atoms with E-state index in [1.165, 1.54) is 25.7 Å². The van der Waals surface area contributed by atoms with Gasteiger partial charge in [-0.05, 0) is 35.7 Å². The summed E-state index contributed by atoms with van der Waals surface area (Å²) in [6.07, 6.45) is 5.08. The highest BCUT2D eigenvalue weighted by Gasteiger charge is 2.33. The van der Waals surface area contributed by atoms with Crippen molar-refractivity contribution < 1.29 is 0 Å². The van der Waals surface area contributed by atoms with Gasteiger partial charge in [-0.1, -0.05) is 33.6 Å². The van der Waals surface area contributed by atoms with Gasteiger partial charge in [-0.25, -0.2) is 4.68 Å². The van der Waals surface area contributed by atoms with Crippen LogP contribution < -0.4 is 0 Å². The molecule has 0 radical (unpaired) electrons. The van der Waals surface area contributed by atoms with E-state index in [1.807, 2.05) is 0 Å². The second-order valence-corrected chi connectivity index (χ2v) is 7.08. The van der Waals surface area contributed by atoms with Crippen LogP contribution in [0.4, 0.5) is 0 Å². The highest BCUT2D eigenvalue weighted by molar-refractivity contribution is 4.99. The molecule has 6 heteroatoms. The van der Waals surface area contributed by atoms with Crippen molar-refractivity contribution in [2.45, 2.75) is 58.5 Å². The number of likely N-dealkylation sites (N-methyl/N-ethyl adjacent to an activating group) is 1. The summed E-state index contributed by atoms with van der Waals surface area (Å²) in [5, 5.41) is 12.8. The molecule has 0 amide bonds. The average Bonchev–Trinajstić information content (AvgIpc) is 3.18. The van der Waals surface area contributed by atoms with Crippen molar-refractivity contribution in [2.24, 2.45) is 5.92 Å². The molecule has 1 aromatic rings. The molecule has 2 aliphatic rings. The van der Waals surface area contributed by atoms with E-state index in [0.29, 0.717) is 18.0 Å². The second-order valence-electron chi connectivity index (χ2n) is 7.08. The van der Waals surface area contributed by atoms with Gasteiger partial charge in [0, 0.05) is 26.2 Å². The van der Waals surface area contributed by atoms with Gasteiger partial charge in [0.25, 0.3) is 0 Å². The van der Waals surface area contributed by atoms with Crippen LogP contribution in [-0.2, 0) is 0 Å². The average molecular weight is 306 g/mol. The van der Waals surface area contributed by atoms with Crippen molar-refractivity contribution in [3.63, 3.8) is 0 Å². The molecule has 0 unspecified atom stereocenters. The molecule has 6 nitrogen and oxygen atoms in total. The normalized spacial score (nSPS) is 23.5. The number of aromatic nitrogens is 4. The Balaban J connectivity index is 1.78. The van der Waals surface area contributed by atoms with Crippen LogP contribution in [0.2, 0.25) is 0 Å². The molecule has 1 aliphatic carbocycles. The van der Waals surface area contributed by atoms with Crippen molar-refractivity contribution in [2.75, 3.05) is 32.7 Å². The monoisotopic (exact) mass is 306 g/mol. The van der Waals surface area contributed by atoms with Gasteiger partial charge in [0.05, 0.1) is 12.1 Å². The largest absolute Gasteiger partial charge is 0.301 e. The molecular formula is C16H30N6. The summed E-state index contributed by atoms with van der Waals surface area (Å²) in [5.74, 6) is 1.62. The van der Waals surface area contributed by atoms with Gasteiger partial charge in [-0.2, -0.15) is 0 Å². The Kier molecular flexibility index (Phi) is 5.08. The van der Waals surface area contributed by atoms with Gasteiger partial charge in [-0.15, -0.1) is 5.10 Å². The lowest BCUT2D eigenvalue weighted by Gasteiger charge is -2.40. The molecule has 3 rings (SSSR count). The summed E-state index contributed by atoms with van der Waals surface area (Å²) >= 11 is 0. The Morgan fingerprint density at radius 3 is 2.36 bits per heavy atom. The summed E-state index contributed by atoms with van der Waals surface area (Å²) in [4.78, 5) is 5.11. The molecule has 1 aromatic heterocycles. The van der Waals surface area contributed by atoms with Crippen molar-refractivity contribution >= 4 is 0 Å². The lowest BCUT2D eigenvalue weighted by molar-refractivity contribution is 0.0710. The fourth-order valence-electron chi connectivity index (χ4n) is 4.04. The summed E-state index contributed by atoms with van der Waals surface area (Å²) in [7, 11) is 0. The number of hydrogen-bond acceptors (Lipinski definition) is 5. The predicted octanol–water partition coefficient (Wildman–Crippen LogP) is 2.12. The fourth-order valence-corrected chi connectivity index (χ4v) is 4.04. The molecule has 0 N–H and O–H groups in total. The predicted molar refractivity (Wildman–Crippen MR) is 86.6 cm³/mol. The summed E-state index contributed by atoms with van der Waals surface area (Å²) in [6, 6.07) is 0.859. The van der Waals surface area contributed by atoms with Crippen molar-refractivity contribution in [3.8, 4) is 0 Å². The first-order chi connectivity index (χ1) is 10.7. The van der Waals surface area contributed by atoms with Crippen LogP contribution in [-0.4, -0.2) is 62.7 Å². The van der Waals surface area contributed by atoms with E-state index in [0.717, 1.165) is 38.5 Å². The number of nitrogens with zero attached hydrogens (tertiary/aromatic N) is 6. The zero-order chi connectivity index (χ0) is 15.5. The minimum atomic E-state index is 0.342. The Morgan fingerprint density at radius 1 is 1.09 bits per heavy atom. The highest BCUT2D eigenvalue weighted by atomic mass is 15.6. The van der Waals surface area contributed by atoms with Gasteiger partial charge in [-0.3, -0.25) is 4.90 Å². The van der Waals surface area contributed by atoms with Gasteiger partial charge >= 0.3 is 0 Å². The fraction of sp³-hybridized carbons (Fsp3) is 0.938. The third kappa shape index (κ3) is 3.18. The van der Waals surface area contributed by atoms with E-state index >= 15 is 0 Å². The van der Waals surface area contributed by atoms with E-state index in [1.54, 1.807) is 0 Å². The van der Waals surface area contributed by atoms with Crippen LogP contribution >= 0.6 is 0 Å². The van der Waals surface area contributed by atoms with E-state index in [2.05, 4.69) is 50.8 Å². The van der Waals surface area contributed by atoms with Crippen LogP contribution in [0, 0.1) is 5.92 Å². The standard InChI is InChI=1S/C16H30N6/c1-4-20-9-11-21(12-10-20)15(13(2)3)16-17-18-19-22(16)14-7-5-6-8-14/h13-15H,4-12H2,1-3H3/t15-/m0/s1. The zero-order valence-electron chi connectivity index (χ0n) is 14.3. The SMILES string of the molecule is CCN1CCN([C@H](c2nnnn2C2CCCC2)C(C)C)CC1. The van der Waals surface area contributed by atoms with Crippen molar-refractivity contribution in [1.82, 2.24) is 30.0 Å². The molecule has 2 fully saturated rings. The van der Waals surface area contributed by atoms with Crippen LogP contribution in [0.15, 0.2) is 0 Å². The highest BCUT2D eigenvalue weighted by Crippen LogP contribution is 2.34. The summed E-state index contributed by atoms with van der Waals surface area (Å²) in [5.41, 5.74) is 0. The van der Waals surface area contributed by atoms with Crippen LogP contribution in [0.5, 0.6) is 0 Å². The molecule has 0 aromatic carbocycles. The first-order valence-corrected chi connectivity index (χ1v) is 8.95. The Hall–Kier alpha value is -1.01. The molecule has 124 valence electrons. The molecule has 22 heavy (non-hydrogen) atoms. The number of hydrogen-bond donors (Lipinski definition) is 0. The van der Waals surface area contributed by atoms with E-state index in [-0.39, 0.29) is 0 Å². The molecule has 1 saturated carbocycles. The zero-order valence-corrected chi connectivity index (χ0v) is 14.3. The second kappa shape index (κ2) is 7.04. The maximum Gasteiger partial charge on any atom is 0.168 e. The third-order valence-electron chi connectivity index (χ3n) is 5.33. The van der Waals surface area contributed by atoms with Crippen LogP contribution in [0.1, 0.15) is 64.4 Å². The summed E-state index contributed by atoms with van der Waals surface area (Å²) in [6.45, 7) is 12.5. The number of rotatable bonds is 5. The number of piperazine rings is 1. The third-order valence-corrected chi connectivity index (χ3v) is 5.33. The topological polar surface area (TPSA) is 50.1 Å². The summed E-state index contributed by atoms with van der Waals surface area (Å²) < 4.78 is 2.14. The molecule has 1 aliphatic heterocycles. The first kappa shape index (κ1) is 15.9. The Morgan fingerprint density at radius 2 is 1.77 bits per heavy atom. The van der Waals surface area contributed by atoms with Gasteiger partial charge in [0.1, 0.15) is 0 Å². The van der Waals surface area contributed by atoms with Gasteiger partial charge in [0.15, 0.2) is 5.82 Å². The van der Waals surface area contributed by atoms with Crippen molar-refractivity contribution in [1.29, 1.82) is 0 Å². The quantitative estimate of drug-likeness (QED) is 0.834. The minimum Gasteiger partial charge on any atom is -0.301 e. The van der Waals surface area contributed by atoms with Crippen molar-refractivity contribution in [3.05, 3.63) is 5.82 Å². The maximum atomic E-state index is 4.44. The molecular weight excluding hydrogens is 276 g/mol. The lowest BCUT2D eigenvalue weighted by atomic mass is 10.00. The first-order valence-electron chi connectivity index (χ1n) is 8.95.